The Morgan fingerprint density at radius 3 is 2.40 bits per heavy atom. The van der Waals surface area contributed by atoms with Crippen LogP contribution < -0.4 is 0 Å². The maximum Gasteiger partial charge on any atom is 0.243 e. The predicted molar refractivity (Wildman–Crippen MR) is 76.5 cm³/mol. The molecule has 0 bridgehead atoms. The van der Waals surface area contributed by atoms with Crippen molar-refractivity contribution in [2.75, 3.05) is 19.7 Å². The molecule has 0 radical (unpaired) electrons. The van der Waals surface area contributed by atoms with Gasteiger partial charge in [0, 0.05) is 13.1 Å². The first-order valence-electron chi connectivity index (χ1n) is 6.63. The molecule has 0 fully saturated rings. The minimum atomic E-state index is -3.58. The quantitative estimate of drug-likeness (QED) is 0.789. The zero-order chi connectivity index (χ0) is 15.0. The van der Waals surface area contributed by atoms with E-state index in [9.17, 15) is 8.42 Å². The Hall–Kier alpha value is -1.42. The van der Waals surface area contributed by atoms with Gasteiger partial charge in [0.25, 0.3) is 0 Å². The Morgan fingerprint density at radius 1 is 1.25 bits per heavy atom. The number of nitrogens with zero attached hydrogens (tertiary/aromatic N) is 2. The molecule has 0 spiro atoms. The van der Waals surface area contributed by atoms with Crippen LogP contribution in [0.3, 0.4) is 0 Å². The summed E-state index contributed by atoms with van der Waals surface area (Å²) in [5.74, 6) is 0. The standard InChI is InChI=1S/C14H20N2O3S/c1-2-3-10-16(11-12-17)20(18,19)14-6-4-13(5-7-14)8-9-15/h4-7,17H,2-3,8,10-12H2,1H3. The summed E-state index contributed by atoms with van der Waals surface area (Å²) in [6.45, 7) is 2.29. The van der Waals surface area contributed by atoms with Gasteiger partial charge < -0.3 is 5.11 Å². The Kier molecular flexibility index (Phi) is 6.65. The van der Waals surface area contributed by atoms with E-state index < -0.39 is 10.0 Å². The monoisotopic (exact) mass is 296 g/mol. The van der Waals surface area contributed by atoms with E-state index in [0.29, 0.717) is 6.54 Å². The fourth-order valence-electron chi connectivity index (χ4n) is 1.82. The maximum atomic E-state index is 12.4. The molecule has 0 unspecified atom stereocenters. The van der Waals surface area contributed by atoms with Crippen molar-refractivity contribution >= 4 is 10.0 Å². The summed E-state index contributed by atoms with van der Waals surface area (Å²) in [6, 6.07) is 8.34. The highest BCUT2D eigenvalue weighted by Crippen LogP contribution is 2.17. The SMILES string of the molecule is CCCCN(CCO)S(=O)(=O)c1ccc(CC#N)cc1. The van der Waals surface area contributed by atoms with Crippen LogP contribution in [0.2, 0.25) is 0 Å². The first-order chi connectivity index (χ1) is 9.56. The van der Waals surface area contributed by atoms with Gasteiger partial charge in [0.15, 0.2) is 0 Å². The lowest BCUT2D eigenvalue weighted by Gasteiger charge is -2.21. The number of rotatable bonds is 8. The fourth-order valence-corrected chi connectivity index (χ4v) is 3.29. The van der Waals surface area contributed by atoms with Crippen LogP contribution in [0.25, 0.3) is 0 Å². The van der Waals surface area contributed by atoms with Crippen molar-refractivity contribution in [3.8, 4) is 6.07 Å². The molecule has 1 aromatic rings. The van der Waals surface area contributed by atoms with E-state index in [0.717, 1.165) is 18.4 Å². The summed E-state index contributed by atoms with van der Waals surface area (Å²) in [4.78, 5) is 0.198. The van der Waals surface area contributed by atoms with Gasteiger partial charge in [-0.2, -0.15) is 9.57 Å². The summed E-state index contributed by atoms with van der Waals surface area (Å²) in [5.41, 5.74) is 0.786. The van der Waals surface area contributed by atoms with Crippen LogP contribution in [-0.4, -0.2) is 37.5 Å². The molecule has 1 rings (SSSR count). The van der Waals surface area contributed by atoms with Gasteiger partial charge in [-0.3, -0.25) is 0 Å². The summed E-state index contributed by atoms with van der Waals surface area (Å²) in [6.07, 6.45) is 1.90. The molecular weight excluding hydrogens is 276 g/mol. The summed E-state index contributed by atoms with van der Waals surface area (Å²) in [7, 11) is -3.58. The first-order valence-corrected chi connectivity index (χ1v) is 8.07. The van der Waals surface area contributed by atoms with Gasteiger partial charge in [-0.1, -0.05) is 25.5 Å². The minimum absolute atomic E-state index is 0.0995. The van der Waals surface area contributed by atoms with Crippen molar-refractivity contribution in [1.29, 1.82) is 5.26 Å². The molecule has 0 aliphatic heterocycles. The van der Waals surface area contributed by atoms with E-state index in [2.05, 4.69) is 0 Å². The first kappa shape index (κ1) is 16.6. The highest BCUT2D eigenvalue weighted by molar-refractivity contribution is 7.89. The van der Waals surface area contributed by atoms with Crippen molar-refractivity contribution in [2.24, 2.45) is 0 Å². The summed E-state index contributed by atoms with van der Waals surface area (Å²) >= 11 is 0. The van der Waals surface area contributed by atoms with E-state index in [1.165, 1.54) is 16.4 Å². The number of hydrogen-bond donors (Lipinski definition) is 1. The van der Waals surface area contributed by atoms with E-state index in [1.54, 1.807) is 12.1 Å². The second-order valence-electron chi connectivity index (χ2n) is 4.46. The minimum Gasteiger partial charge on any atom is -0.395 e. The molecule has 0 aliphatic rings. The molecule has 0 saturated carbocycles. The molecule has 0 saturated heterocycles. The van der Waals surface area contributed by atoms with E-state index in [1.807, 2.05) is 13.0 Å². The highest BCUT2D eigenvalue weighted by Gasteiger charge is 2.23. The van der Waals surface area contributed by atoms with Crippen LogP contribution >= 0.6 is 0 Å². The average molecular weight is 296 g/mol. The van der Waals surface area contributed by atoms with E-state index in [-0.39, 0.29) is 24.5 Å². The van der Waals surface area contributed by atoms with Crippen LogP contribution in [0.15, 0.2) is 29.2 Å². The second-order valence-corrected chi connectivity index (χ2v) is 6.40. The normalized spacial score (nSPS) is 11.5. The lowest BCUT2D eigenvalue weighted by molar-refractivity contribution is 0.252. The van der Waals surface area contributed by atoms with Crippen molar-refractivity contribution in [3.05, 3.63) is 29.8 Å². The molecule has 1 aromatic carbocycles. The smallest absolute Gasteiger partial charge is 0.243 e. The zero-order valence-electron chi connectivity index (χ0n) is 11.6. The van der Waals surface area contributed by atoms with Gasteiger partial charge in [0.1, 0.15) is 0 Å². The Bertz CT molecular complexity index is 547. The molecule has 20 heavy (non-hydrogen) atoms. The van der Waals surface area contributed by atoms with E-state index >= 15 is 0 Å². The Morgan fingerprint density at radius 2 is 1.90 bits per heavy atom. The summed E-state index contributed by atoms with van der Waals surface area (Å²) in [5, 5.41) is 17.6. The Balaban J connectivity index is 2.97. The van der Waals surface area contributed by atoms with Crippen LogP contribution in [-0.2, 0) is 16.4 Å². The molecule has 0 aromatic heterocycles. The number of hydrogen-bond acceptors (Lipinski definition) is 4. The average Bonchev–Trinajstić information content (AvgIpc) is 2.44. The van der Waals surface area contributed by atoms with Crippen LogP contribution in [0.1, 0.15) is 25.3 Å². The number of unbranched alkanes of at least 4 members (excludes halogenated alkanes) is 1. The van der Waals surface area contributed by atoms with Gasteiger partial charge in [-0.25, -0.2) is 8.42 Å². The third kappa shape index (κ3) is 4.30. The molecule has 0 aliphatic carbocycles. The van der Waals surface area contributed by atoms with Crippen LogP contribution in [0.4, 0.5) is 0 Å². The van der Waals surface area contributed by atoms with Crippen molar-refractivity contribution in [3.63, 3.8) is 0 Å². The molecule has 0 amide bonds. The van der Waals surface area contributed by atoms with Gasteiger partial charge in [-0.15, -0.1) is 0 Å². The predicted octanol–water partition coefficient (Wildman–Crippen LogP) is 1.54. The number of nitriles is 1. The lowest BCUT2D eigenvalue weighted by Crippen LogP contribution is -2.34. The van der Waals surface area contributed by atoms with Gasteiger partial charge >= 0.3 is 0 Å². The van der Waals surface area contributed by atoms with Crippen molar-refractivity contribution in [1.82, 2.24) is 4.31 Å². The molecule has 6 heteroatoms. The fraction of sp³-hybridized carbons (Fsp3) is 0.500. The van der Waals surface area contributed by atoms with Crippen molar-refractivity contribution in [2.45, 2.75) is 31.1 Å². The van der Waals surface area contributed by atoms with Gasteiger partial charge in [0.05, 0.1) is 24.0 Å². The molecule has 0 heterocycles. The van der Waals surface area contributed by atoms with Crippen molar-refractivity contribution < 1.29 is 13.5 Å². The third-order valence-corrected chi connectivity index (χ3v) is 4.87. The van der Waals surface area contributed by atoms with Crippen LogP contribution in [0, 0.1) is 11.3 Å². The lowest BCUT2D eigenvalue weighted by atomic mass is 10.2. The number of aliphatic hydroxyl groups is 1. The zero-order valence-corrected chi connectivity index (χ0v) is 12.4. The maximum absolute atomic E-state index is 12.4. The molecular formula is C14H20N2O3S. The summed E-state index contributed by atoms with van der Waals surface area (Å²) < 4.78 is 26.2. The van der Waals surface area contributed by atoms with E-state index in [4.69, 9.17) is 10.4 Å². The molecule has 5 nitrogen and oxygen atoms in total. The Labute approximate surface area is 120 Å². The van der Waals surface area contributed by atoms with Gasteiger partial charge in [-0.05, 0) is 24.1 Å². The number of sulfonamides is 1. The number of aliphatic hydroxyl groups excluding tert-OH is 1. The molecule has 110 valence electrons. The molecule has 0 atom stereocenters. The number of benzene rings is 1. The van der Waals surface area contributed by atoms with Crippen LogP contribution in [0.5, 0.6) is 0 Å². The van der Waals surface area contributed by atoms with Gasteiger partial charge in [0.2, 0.25) is 10.0 Å². The third-order valence-electron chi connectivity index (χ3n) is 2.95. The highest BCUT2D eigenvalue weighted by atomic mass is 32.2. The second kappa shape index (κ2) is 8.00. The topological polar surface area (TPSA) is 81.4 Å². The molecule has 1 N–H and O–H groups in total. The largest absolute Gasteiger partial charge is 0.395 e.